The first-order chi connectivity index (χ1) is 9.92. The minimum absolute atomic E-state index is 0.177. The van der Waals surface area contributed by atoms with Crippen molar-refractivity contribution in [1.29, 1.82) is 0 Å². The summed E-state index contributed by atoms with van der Waals surface area (Å²) in [5.74, 6) is 0. The number of aromatic nitrogens is 1. The summed E-state index contributed by atoms with van der Waals surface area (Å²) >= 11 is 7.53. The van der Waals surface area contributed by atoms with Gasteiger partial charge in [-0.15, -0.1) is 11.3 Å². The second-order valence-corrected chi connectivity index (χ2v) is 7.70. The van der Waals surface area contributed by atoms with Crippen LogP contribution in [0.4, 0.5) is 0 Å². The molecule has 0 spiro atoms. The monoisotopic (exact) mass is 345 g/mol. The van der Waals surface area contributed by atoms with E-state index in [-0.39, 0.29) is 11.4 Å². The van der Waals surface area contributed by atoms with Crippen molar-refractivity contribution in [3.05, 3.63) is 44.9 Å². The van der Waals surface area contributed by atoms with E-state index >= 15 is 0 Å². The first-order valence-corrected chi connectivity index (χ1v) is 9.00. The van der Waals surface area contributed by atoms with Crippen molar-refractivity contribution in [3.8, 4) is 0 Å². The third-order valence-corrected chi connectivity index (χ3v) is 5.39. The van der Waals surface area contributed by atoms with Crippen LogP contribution in [0.2, 0.25) is 5.02 Å². The summed E-state index contributed by atoms with van der Waals surface area (Å²) < 4.78 is 27.1. The zero-order valence-corrected chi connectivity index (χ0v) is 14.1. The van der Waals surface area contributed by atoms with Crippen LogP contribution in [0.3, 0.4) is 0 Å². The number of hydrogen-bond acceptors (Lipinski definition) is 5. The van der Waals surface area contributed by atoms with Crippen molar-refractivity contribution in [3.63, 3.8) is 0 Å². The maximum absolute atomic E-state index is 12.3. The molecule has 0 amide bonds. The van der Waals surface area contributed by atoms with Crippen LogP contribution in [0.15, 0.2) is 28.5 Å². The van der Waals surface area contributed by atoms with E-state index in [1.54, 1.807) is 19.2 Å². The SMILES string of the molecule is CNCc1cc(S(=O)(=O)NCc2csc(C)n2)ccc1Cl. The van der Waals surface area contributed by atoms with Crippen LogP contribution in [-0.4, -0.2) is 20.4 Å². The van der Waals surface area contributed by atoms with Gasteiger partial charge in [0.1, 0.15) is 0 Å². The summed E-state index contributed by atoms with van der Waals surface area (Å²) in [5.41, 5.74) is 1.46. The number of thiazole rings is 1. The van der Waals surface area contributed by atoms with Crippen molar-refractivity contribution in [2.24, 2.45) is 0 Å². The molecule has 21 heavy (non-hydrogen) atoms. The molecule has 0 aliphatic carbocycles. The molecule has 0 bridgehead atoms. The first kappa shape index (κ1) is 16.4. The number of nitrogens with one attached hydrogen (secondary N) is 2. The molecule has 0 radical (unpaired) electrons. The third kappa shape index (κ3) is 4.24. The predicted octanol–water partition coefficient (Wildman–Crippen LogP) is 2.30. The molecule has 2 N–H and O–H groups in total. The molecule has 8 heteroatoms. The van der Waals surface area contributed by atoms with Gasteiger partial charge >= 0.3 is 0 Å². The van der Waals surface area contributed by atoms with E-state index in [1.165, 1.54) is 17.4 Å². The largest absolute Gasteiger partial charge is 0.316 e. The molecule has 5 nitrogen and oxygen atoms in total. The van der Waals surface area contributed by atoms with Gasteiger partial charge in [0, 0.05) is 16.9 Å². The molecule has 2 aromatic rings. The van der Waals surface area contributed by atoms with Gasteiger partial charge in [-0.2, -0.15) is 0 Å². The average Bonchev–Trinajstić information content (AvgIpc) is 2.85. The van der Waals surface area contributed by atoms with Gasteiger partial charge in [0.25, 0.3) is 0 Å². The van der Waals surface area contributed by atoms with Crippen LogP contribution in [-0.2, 0) is 23.1 Å². The van der Waals surface area contributed by atoms with Crippen LogP contribution >= 0.6 is 22.9 Å². The molecule has 2 rings (SSSR count). The van der Waals surface area contributed by atoms with Crippen LogP contribution in [0.25, 0.3) is 0 Å². The van der Waals surface area contributed by atoms with Gasteiger partial charge in [-0.05, 0) is 37.7 Å². The molecule has 0 saturated heterocycles. The van der Waals surface area contributed by atoms with Gasteiger partial charge in [0.15, 0.2) is 0 Å². The van der Waals surface area contributed by atoms with E-state index in [1.807, 2.05) is 12.3 Å². The summed E-state index contributed by atoms with van der Waals surface area (Å²) in [6.07, 6.45) is 0. The van der Waals surface area contributed by atoms with Crippen molar-refractivity contribution >= 4 is 33.0 Å². The summed E-state index contributed by atoms with van der Waals surface area (Å²) in [6.45, 7) is 2.57. The highest BCUT2D eigenvalue weighted by Gasteiger charge is 2.16. The van der Waals surface area contributed by atoms with E-state index in [2.05, 4.69) is 15.0 Å². The van der Waals surface area contributed by atoms with Crippen LogP contribution in [0.1, 0.15) is 16.3 Å². The lowest BCUT2D eigenvalue weighted by molar-refractivity contribution is 0.580. The predicted molar refractivity (Wildman–Crippen MR) is 85.1 cm³/mol. The molecule has 0 aliphatic heterocycles. The standard InChI is InChI=1S/C13H16ClN3O2S2/c1-9-17-11(8-20-9)7-16-21(18,19)12-3-4-13(14)10(5-12)6-15-2/h3-5,8,15-16H,6-7H2,1-2H3. The van der Waals surface area contributed by atoms with E-state index in [0.29, 0.717) is 17.3 Å². The van der Waals surface area contributed by atoms with Crippen molar-refractivity contribution in [2.45, 2.75) is 24.9 Å². The van der Waals surface area contributed by atoms with Gasteiger partial charge in [0.2, 0.25) is 10.0 Å². The minimum atomic E-state index is -3.58. The fourth-order valence-corrected chi connectivity index (χ4v) is 3.63. The lowest BCUT2D eigenvalue weighted by Gasteiger charge is -2.09. The van der Waals surface area contributed by atoms with Crippen molar-refractivity contribution in [2.75, 3.05) is 7.05 Å². The molecular formula is C13H16ClN3O2S2. The summed E-state index contributed by atoms with van der Waals surface area (Å²) in [6, 6.07) is 4.67. The Morgan fingerprint density at radius 2 is 2.10 bits per heavy atom. The van der Waals surface area contributed by atoms with Crippen LogP contribution in [0.5, 0.6) is 0 Å². The normalized spacial score (nSPS) is 11.8. The Hall–Kier alpha value is -0.990. The molecule has 0 fully saturated rings. The summed E-state index contributed by atoms with van der Waals surface area (Å²) in [7, 11) is -1.80. The molecule has 1 aromatic carbocycles. The van der Waals surface area contributed by atoms with E-state index in [4.69, 9.17) is 11.6 Å². The Morgan fingerprint density at radius 3 is 2.71 bits per heavy atom. The molecule has 0 atom stereocenters. The third-order valence-electron chi connectivity index (χ3n) is 2.80. The maximum Gasteiger partial charge on any atom is 0.240 e. The Morgan fingerprint density at radius 1 is 1.33 bits per heavy atom. The highest BCUT2D eigenvalue weighted by molar-refractivity contribution is 7.89. The molecule has 1 heterocycles. The van der Waals surface area contributed by atoms with Crippen molar-refractivity contribution < 1.29 is 8.42 Å². The number of halogens is 1. The molecule has 0 unspecified atom stereocenters. The maximum atomic E-state index is 12.3. The minimum Gasteiger partial charge on any atom is -0.316 e. The van der Waals surface area contributed by atoms with Gasteiger partial charge in [-0.25, -0.2) is 18.1 Å². The van der Waals surface area contributed by atoms with Gasteiger partial charge in [0.05, 0.1) is 22.1 Å². The highest BCUT2D eigenvalue weighted by atomic mass is 35.5. The molecular weight excluding hydrogens is 330 g/mol. The smallest absolute Gasteiger partial charge is 0.240 e. The van der Waals surface area contributed by atoms with E-state index < -0.39 is 10.0 Å². The number of nitrogens with zero attached hydrogens (tertiary/aromatic N) is 1. The summed E-state index contributed by atoms with van der Waals surface area (Å²) in [5, 5.41) is 6.24. The Labute approximate surface area is 133 Å². The fourth-order valence-electron chi connectivity index (χ4n) is 1.79. The quantitative estimate of drug-likeness (QED) is 0.842. The van der Waals surface area contributed by atoms with E-state index in [0.717, 1.165) is 10.6 Å². The van der Waals surface area contributed by atoms with Crippen LogP contribution in [0, 0.1) is 6.92 Å². The number of rotatable bonds is 6. The zero-order chi connectivity index (χ0) is 15.5. The molecule has 0 aliphatic rings. The number of hydrogen-bond donors (Lipinski definition) is 2. The lowest BCUT2D eigenvalue weighted by atomic mass is 10.2. The Balaban J connectivity index is 2.17. The van der Waals surface area contributed by atoms with Crippen molar-refractivity contribution in [1.82, 2.24) is 15.0 Å². The Bertz CT molecular complexity index is 729. The van der Waals surface area contributed by atoms with Gasteiger partial charge in [-0.3, -0.25) is 0 Å². The molecule has 114 valence electrons. The number of benzene rings is 1. The fraction of sp³-hybridized carbons (Fsp3) is 0.308. The average molecular weight is 346 g/mol. The number of aryl methyl sites for hydroxylation is 1. The second kappa shape index (κ2) is 6.85. The lowest BCUT2D eigenvalue weighted by Crippen LogP contribution is -2.23. The van der Waals surface area contributed by atoms with E-state index in [9.17, 15) is 8.42 Å². The van der Waals surface area contributed by atoms with Gasteiger partial charge in [-0.1, -0.05) is 11.6 Å². The first-order valence-electron chi connectivity index (χ1n) is 6.26. The zero-order valence-electron chi connectivity index (χ0n) is 11.7. The second-order valence-electron chi connectivity index (χ2n) is 4.47. The van der Waals surface area contributed by atoms with Crippen LogP contribution < -0.4 is 10.0 Å². The Kier molecular flexibility index (Phi) is 5.34. The molecule has 0 saturated carbocycles. The number of sulfonamides is 1. The van der Waals surface area contributed by atoms with Gasteiger partial charge < -0.3 is 5.32 Å². The topological polar surface area (TPSA) is 71.1 Å². The summed E-state index contributed by atoms with van der Waals surface area (Å²) in [4.78, 5) is 4.43. The molecule has 1 aromatic heterocycles. The highest BCUT2D eigenvalue weighted by Crippen LogP contribution is 2.20.